The Bertz CT molecular complexity index is 811. The molecule has 0 aliphatic heterocycles. The van der Waals surface area contributed by atoms with E-state index in [-0.39, 0.29) is 24.0 Å². The molecule has 3 rings (SSSR count). The number of rotatable bonds is 7. The lowest BCUT2D eigenvalue weighted by molar-refractivity contribution is 0.744. The Kier molecular flexibility index (Phi) is 8.57. The van der Waals surface area contributed by atoms with Crippen molar-refractivity contribution in [3.63, 3.8) is 0 Å². The second-order valence-electron chi connectivity index (χ2n) is 6.41. The van der Waals surface area contributed by atoms with Crippen LogP contribution in [0.15, 0.2) is 65.9 Å². The molecule has 0 radical (unpaired) electrons. The maximum atomic E-state index is 4.73. The summed E-state index contributed by atoms with van der Waals surface area (Å²) in [5, 5.41) is 6.73. The molecule has 2 heterocycles. The molecule has 0 bridgehead atoms. The number of guanidine groups is 1. The van der Waals surface area contributed by atoms with Gasteiger partial charge in [-0.2, -0.15) is 0 Å². The molecule has 0 amide bonds. The lowest BCUT2D eigenvalue weighted by Crippen LogP contribution is -2.38. The SMILES string of the molecule is CCNC(=NCC(C)c1ccccc1)NCCc1cn2ccccc2n1.I. The predicted octanol–water partition coefficient (Wildman–Crippen LogP) is 3.85. The van der Waals surface area contributed by atoms with Gasteiger partial charge in [-0.05, 0) is 24.6 Å². The summed E-state index contributed by atoms with van der Waals surface area (Å²) in [7, 11) is 0. The van der Waals surface area contributed by atoms with E-state index in [2.05, 4.69) is 64.3 Å². The summed E-state index contributed by atoms with van der Waals surface area (Å²) in [5.41, 5.74) is 3.38. The van der Waals surface area contributed by atoms with Crippen molar-refractivity contribution in [2.75, 3.05) is 19.6 Å². The highest BCUT2D eigenvalue weighted by Gasteiger charge is 2.06. The van der Waals surface area contributed by atoms with E-state index in [1.165, 1.54) is 5.56 Å². The summed E-state index contributed by atoms with van der Waals surface area (Å²) in [5.74, 6) is 1.25. The van der Waals surface area contributed by atoms with Crippen LogP contribution in [0.3, 0.4) is 0 Å². The second kappa shape index (κ2) is 10.9. The number of nitrogens with zero attached hydrogens (tertiary/aromatic N) is 3. The van der Waals surface area contributed by atoms with E-state index >= 15 is 0 Å². The van der Waals surface area contributed by atoms with Gasteiger partial charge >= 0.3 is 0 Å². The van der Waals surface area contributed by atoms with Crippen LogP contribution in [-0.2, 0) is 6.42 Å². The molecule has 1 atom stereocenters. The van der Waals surface area contributed by atoms with Crippen LogP contribution in [0.25, 0.3) is 5.65 Å². The number of nitrogens with one attached hydrogen (secondary N) is 2. The smallest absolute Gasteiger partial charge is 0.191 e. The van der Waals surface area contributed by atoms with Gasteiger partial charge < -0.3 is 15.0 Å². The minimum absolute atomic E-state index is 0. The van der Waals surface area contributed by atoms with Crippen LogP contribution in [0.5, 0.6) is 0 Å². The number of halogens is 1. The lowest BCUT2D eigenvalue weighted by atomic mass is 10.0. The minimum atomic E-state index is 0. The van der Waals surface area contributed by atoms with Gasteiger partial charge in [-0.25, -0.2) is 4.98 Å². The van der Waals surface area contributed by atoms with E-state index in [0.717, 1.165) is 43.4 Å². The molecule has 3 aromatic rings. The molecule has 0 fully saturated rings. The molecule has 144 valence electrons. The van der Waals surface area contributed by atoms with Crippen molar-refractivity contribution in [2.24, 2.45) is 4.99 Å². The molecule has 27 heavy (non-hydrogen) atoms. The Hall–Kier alpha value is -2.09. The second-order valence-corrected chi connectivity index (χ2v) is 6.41. The van der Waals surface area contributed by atoms with Gasteiger partial charge in [-0.15, -0.1) is 24.0 Å². The average molecular weight is 477 g/mol. The third kappa shape index (κ3) is 6.23. The highest BCUT2D eigenvalue weighted by molar-refractivity contribution is 14.0. The van der Waals surface area contributed by atoms with E-state index in [4.69, 9.17) is 4.99 Å². The average Bonchev–Trinajstić information content (AvgIpc) is 3.09. The standard InChI is InChI=1S/C21H27N5.HI/c1-3-22-21(24-15-17(2)18-9-5-4-6-10-18)23-13-12-19-16-26-14-8-7-11-20(26)25-19;/h4-11,14,16-17H,3,12-13,15H2,1-2H3,(H2,22,23,24);1H. The first-order valence-electron chi connectivity index (χ1n) is 9.26. The Morgan fingerprint density at radius 2 is 1.89 bits per heavy atom. The summed E-state index contributed by atoms with van der Waals surface area (Å²) in [6.45, 7) is 6.70. The maximum Gasteiger partial charge on any atom is 0.191 e. The van der Waals surface area contributed by atoms with E-state index in [1.807, 2.05) is 30.5 Å². The Morgan fingerprint density at radius 1 is 1.11 bits per heavy atom. The third-order valence-corrected chi connectivity index (χ3v) is 4.32. The van der Waals surface area contributed by atoms with Gasteiger partial charge in [0.05, 0.1) is 5.69 Å². The summed E-state index contributed by atoms with van der Waals surface area (Å²) >= 11 is 0. The fourth-order valence-corrected chi connectivity index (χ4v) is 2.87. The summed E-state index contributed by atoms with van der Waals surface area (Å²) in [6, 6.07) is 16.6. The zero-order valence-electron chi connectivity index (χ0n) is 15.9. The van der Waals surface area contributed by atoms with Gasteiger partial charge in [0.15, 0.2) is 5.96 Å². The molecule has 1 unspecified atom stereocenters. The molecule has 0 spiro atoms. The van der Waals surface area contributed by atoms with Crippen molar-refractivity contribution in [3.8, 4) is 0 Å². The number of benzene rings is 1. The number of aliphatic imine (C=N–C) groups is 1. The molecular formula is C21H28IN5. The van der Waals surface area contributed by atoms with Crippen LogP contribution >= 0.6 is 24.0 Å². The van der Waals surface area contributed by atoms with Gasteiger partial charge in [0.1, 0.15) is 5.65 Å². The first-order valence-corrected chi connectivity index (χ1v) is 9.26. The van der Waals surface area contributed by atoms with Gasteiger partial charge in [-0.3, -0.25) is 4.99 Å². The molecular weight excluding hydrogens is 449 g/mol. The van der Waals surface area contributed by atoms with Crippen molar-refractivity contribution in [3.05, 3.63) is 72.2 Å². The third-order valence-electron chi connectivity index (χ3n) is 4.32. The van der Waals surface area contributed by atoms with Gasteiger partial charge in [0, 0.05) is 44.4 Å². The summed E-state index contributed by atoms with van der Waals surface area (Å²) < 4.78 is 2.05. The monoisotopic (exact) mass is 477 g/mol. The fourth-order valence-electron chi connectivity index (χ4n) is 2.87. The molecule has 2 aromatic heterocycles. The largest absolute Gasteiger partial charge is 0.357 e. The van der Waals surface area contributed by atoms with Crippen molar-refractivity contribution < 1.29 is 0 Å². The summed E-state index contributed by atoms with van der Waals surface area (Å²) in [6.07, 6.45) is 4.97. The van der Waals surface area contributed by atoms with Crippen LogP contribution in [0, 0.1) is 0 Å². The summed E-state index contributed by atoms with van der Waals surface area (Å²) in [4.78, 5) is 9.36. The van der Waals surface area contributed by atoms with E-state index in [0.29, 0.717) is 5.92 Å². The van der Waals surface area contributed by atoms with Crippen molar-refractivity contribution in [2.45, 2.75) is 26.2 Å². The first-order chi connectivity index (χ1) is 12.8. The number of hydrogen-bond donors (Lipinski definition) is 2. The normalized spacial score (nSPS) is 12.4. The highest BCUT2D eigenvalue weighted by atomic mass is 127. The van der Waals surface area contributed by atoms with Crippen LogP contribution in [-0.4, -0.2) is 35.0 Å². The highest BCUT2D eigenvalue weighted by Crippen LogP contribution is 2.14. The van der Waals surface area contributed by atoms with Crippen LogP contribution < -0.4 is 10.6 Å². The van der Waals surface area contributed by atoms with Crippen LogP contribution in [0.4, 0.5) is 0 Å². The number of hydrogen-bond acceptors (Lipinski definition) is 2. The zero-order chi connectivity index (χ0) is 18.2. The number of fused-ring (bicyclic) bond motifs is 1. The molecule has 0 aliphatic carbocycles. The van der Waals surface area contributed by atoms with Crippen molar-refractivity contribution >= 4 is 35.6 Å². The Morgan fingerprint density at radius 3 is 2.63 bits per heavy atom. The first kappa shape index (κ1) is 21.2. The van der Waals surface area contributed by atoms with E-state index in [9.17, 15) is 0 Å². The van der Waals surface area contributed by atoms with Crippen LogP contribution in [0.2, 0.25) is 0 Å². The van der Waals surface area contributed by atoms with Crippen molar-refractivity contribution in [1.82, 2.24) is 20.0 Å². The molecule has 6 heteroatoms. The van der Waals surface area contributed by atoms with E-state index < -0.39 is 0 Å². The fraction of sp³-hybridized carbons (Fsp3) is 0.333. The molecule has 0 saturated heterocycles. The number of imidazole rings is 1. The Labute approximate surface area is 178 Å². The molecule has 0 aliphatic rings. The maximum absolute atomic E-state index is 4.73. The topological polar surface area (TPSA) is 53.7 Å². The van der Waals surface area contributed by atoms with Gasteiger partial charge in [0.25, 0.3) is 0 Å². The predicted molar refractivity (Wildman–Crippen MR) is 123 cm³/mol. The van der Waals surface area contributed by atoms with Gasteiger partial charge in [-0.1, -0.05) is 43.3 Å². The molecule has 1 aromatic carbocycles. The van der Waals surface area contributed by atoms with E-state index in [1.54, 1.807) is 0 Å². The number of aromatic nitrogens is 2. The van der Waals surface area contributed by atoms with Gasteiger partial charge in [0.2, 0.25) is 0 Å². The molecule has 5 nitrogen and oxygen atoms in total. The molecule has 2 N–H and O–H groups in total. The quantitative estimate of drug-likeness (QED) is 0.309. The zero-order valence-corrected chi connectivity index (χ0v) is 18.3. The Balaban J connectivity index is 0.00000261. The van der Waals surface area contributed by atoms with Crippen LogP contribution in [0.1, 0.15) is 31.0 Å². The van der Waals surface area contributed by atoms with Crippen molar-refractivity contribution in [1.29, 1.82) is 0 Å². The lowest BCUT2D eigenvalue weighted by Gasteiger charge is -2.13. The molecule has 0 saturated carbocycles. The minimum Gasteiger partial charge on any atom is -0.357 e. The number of pyridine rings is 1.